The molecule has 5 nitrogen and oxygen atoms in total. The summed E-state index contributed by atoms with van der Waals surface area (Å²) in [6, 6.07) is 16.9. The fourth-order valence-electron chi connectivity index (χ4n) is 3.34. The zero-order valence-electron chi connectivity index (χ0n) is 16.8. The van der Waals surface area contributed by atoms with Crippen LogP contribution in [0.15, 0.2) is 54.6 Å². The molecule has 148 valence electrons. The second-order valence-corrected chi connectivity index (χ2v) is 8.21. The largest absolute Gasteiger partial charge is 0.445 e. The van der Waals surface area contributed by atoms with Crippen LogP contribution in [0.4, 0.5) is 10.5 Å². The van der Waals surface area contributed by atoms with Gasteiger partial charge in [0.1, 0.15) is 12.6 Å². The molecule has 0 bridgehead atoms. The maximum absolute atomic E-state index is 12.7. The van der Waals surface area contributed by atoms with Gasteiger partial charge >= 0.3 is 6.09 Å². The van der Waals surface area contributed by atoms with E-state index in [-0.39, 0.29) is 17.9 Å². The molecule has 2 aromatic carbocycles. The van der Waals surface area contributed by atoms with Gasteiger partial charge in [-0.05, 0) is 41.5 Å². The lowest BCUT2D eigenvalue weighted by molar-refractivity contribution is -0.120. The van der Waals surface area contributed by atoms with Gasteiger partial charge in [0.15, 0.2) is 0 Å². The van der Waals surface area contributed by atoms with Gasteiger partial charge in [0.2, 0.25) is 5.91 Å². The quantitative estimate of drug-likeness (QED) is 0.835. The standard InChI is InChI=1S/C23H28N2O3/c1-23(2,3)18-11-13-19(14-12-18)24-21(26)20-10-7-15-25(20)22(27)28-16-17-8-5-4-6-9-17/h4-6,8-9,11-14,20H,7,10,15-16H2,1-3H3,(H,24,26). The topological polar surface area (TPSA) is 58.6 Å². The Bertz CT molecular complexity index is 810. The second kappa shape index (κ2) is 8.46. The van der Waals surface area contributed by atoms with E-state index in [1.54, 1.807) is 0 Å². The van der Waals surface area contributed by atoms with E-state index in [4.69, 9.17) is 4.74 Å². The van der Waals surface area contributed by atoms with E-state index in [0.29, 0.717) is 13.0 Å². The summed E-state index contributed by atoms with van der Waals surface area (Å²) in [5.74, 6) is -0.169. The normalized spacial score (nSPS) is 16.7. The highest BCUT2D eigenvalue weighted by Gasteiger charge is 2.35. The van der Waals surface area contributed by atoms with Gasteiger partial charge in [-0.3, -0.25) is 9.69 Å². The molecule has 0 radical (unpaired) electrons. The van der Waals surface area contributed by atoms with Crippen molar-refractivity contribution in [1.29, 1.82) is 0 Å². The molecule has 2 aromatic rings. The summed E-state index contributed by atoms with van der Waals surface area (Å²) in [4.78, 5) is 26.7. The maximum Gasteiger partial charge on any atom is 0.410 e. The van der Waals surface area contributed by atoms with Gasteiger partial charge < -0.3 is 10.1 Å². The number of hydrogen-bond donors (Lipinski definition) is 1. The predicted molar refractivity (Wildman–Crippen MR) is 110 cm³/mol. The maximum atomic E-state index is 12.7. The number of likely N-dealkylation sites (tertiary alicyclic amines) is 1. The van der Waals surface area contributed by atoms with E-state index in [9.17, 15) is 9.59 Å². The van der Waals surface area contributed by atoms with Crippen LogP contribution in [-0.2, 0) is 21.6 Å². The Hall–Kier alpha value is -2.82. The lowest BCUT2D eigenvalue weighted by Crippen LogP contribution is -2.43. The van der Waals surface area contributed by atoms with Crippen molar-refractivity contribution in [3.63, 3.8) is 0 Å². The molecule has 1 unspecified atom stereocenters. The first kappa shape index (κ1) is 19.9. The van der Waals surface area contributed by atoms with Crippen molar-refractivity contribution < 1.29 is 14.3 Å². The molecule has 1 atom stereocenters. The van der Waals surface area contributed by atoms with E-state index in [1.165, 1.54) is 10.5 Å². The third kappa shape index (κ3) is 4.91. The van der Waals surface area contributed by atoms with Gasteiger partial charge in [0.25, 0.3) is 0 Å². The molecule has 5 heteroatoms. The smallest absolute Gasteiger partial charge is 0.410 e. The van der Waals surface area contributed by atoms with Crippen LogP contribution >= 0.6 is 0 Å². The van der Waals surface area contributed by atoms with Gasteiger partial charge in [-0.25, -0.2) is 4.79 Å². The Morgan fingerprint density at radius 3 is 2.39 bits per heavy atom. The molecule has 2 amide bonds. The molecule has 0 aromatic heterocycles. The summed E-state index contributed by atoms with van der Waals surface area (Å²) in [7, 11) is 0. The minimum Gasteiger partial charge on any atom is -0.445 e. The van der Waals surface area contributed by atoms with E-state index < -0.39 is 12.1 Å². The van der Waals surface area contributed by atoms with Crippen LogP contribution in [0.2, 0.25) is 0 Å². The Morgan fingerprint density at radius 1 is 1.07 bits per heavy atom. The van der Waals surface area contributed by atoms with Crippen LogP contribution in [0.1, 0.15) is 44.7 Å². The third-order valence-corrected chi connectivity index (χ3v) is 5.01. The zero-order chi connectivity index (χ0) is 20.1. The van der Waals surface area contributed by atoms with Crippen molar-refractivity contribution in [2.45, 2.75) is 51.7 Å². The summed E-state index contributed by atoms with van der Waals surface area (Å²) in [6.45, 7) is 7.20. The first-order chi connectivity index (χ1) is 13.3. The number of anilines is 1. The van der Waals surface area contributed by atoms with E-state index in [1.807, 2.05) is 54.6 Å². The molecule has 1 aliphatic heterocycles. The first-order valence-corrected chi connectivity index (χ1v) is 9.73. The lowest BCUT2D eigenvalue weighted by atomic mass is 9.87. The number of carbonyl (C=O) groups excluding carboxylic acids is 2. The Morgan fingerprint density at radius 2 is 1.75 bits per heavy atom. The van der Waals surface area contributed by atoms with Gasteiger partial charge in [-0.2, -0.15) is 0 Å². The Labute approximate surface area is 166 Å². The first-order valence-electron chi connectivity index (χ1n) is 9.73. The highest BCUT2D eigenvalue weighted by atomic mass is 16.6. The summed E-state index contributed by atoms with van der Waals surface area (Å²) in [5, 5.41) is 2.93. The minimum absolute atomic E-state index is 0.0628. The third-order valence-electron chi connectivity index (χ3n) is 5.01. The van der Waals surface area contributed by atoms with Crippen molar-refractivity contribution in [3.8, 4) is 0 Å². The zero-order valence-corrected chi connectivity index (χ0v) is 16.8. The highest BCUT2D eigenvalue weighted by Crippen LogP contribution is 2.25. The van der Waals surface area contributed by atoms with Crippen molar-refractivity contribution in [2.24, 2.45) is 0 Å². The molecule has 0 spiro atoms. The SMILES string of the molecule is CC(C)(C)c1ccc(NC(=O)C2CCCN2C(=O)OCc2ccccc2)cc1. The molecular formula is C23H28N2O3. The van der Waals surface area contributed by atoms with Gasteiger partial charge in [0.05, 0.1) is 0 Å². The number of benzene rings is 2. The minimum atomic E-state index is -0.495. The molecule has 0 saturated carbocycles. The van der Waals surface area contributed by atoms with E-state index in [2.05, 4.69) is 26.1 Å². The monoisotopic (exact) mass is 380 g/mol. The highest BCUT2D eigenvalue weighted by molar-refractivity contribution is 5.96. The Balaban J connectivity index is 1.58. The number of amides is 2. The summed E-state index contributed by atoms with van der Waals surface area (Å²) >= 11 is 0. The molecule has 0 aliphatic carbocycles. The molecule has 1 aliphatic rings. The number of carbonyl (C=O) groups is 2. The molecule has 3 rings (SSSR count). The molecular weight excluding hydrogens is 352 g/mol. The van der Waals surface area contributed by atoms with Crippen LogP contribution in [0.3, 0.4) is 0 Å². The average Bonchev–Trinajstić information content (AvgIpc) is 3.17. The second-order valence-electron chi connectivity index (χ2n) is 8.21. The molecule has 1 N–H and O–H groups in total. The van der Waals surface area contributed by atoms with Crippen molar-refractivity contribution >= 4 is 17.7 Å². The van der Waals surface area contributed by atoms with Gasteiger partial charge in [0, 0.05) is 12.2 Å². The lowest BCUT2D eigenvalue weighted by Gasteiger charge is -2.24. The van der Waals surface area contributed by atoms with Crippen molar-refractivity contribution in [2.75, 3.05) is 11.9 Å². The number of ether oxygens (including phenoxy) is 1. The van der Waals surface area contributed by atoms with Crippen molar-refractivity contribution in [1.82, 2.24) is 4.90 Å². The van der Waals surface area contributed by atoms with E-state index >= 15 is 0 Å². The number of nitrogens with one attached hydrogen (secondary N) is 1. The summed E-state index contributed by atoms with van der Waals surface area (Å²) in [5.41, 5.74) is 2.93. The molecule has 28 heavy (non-hydrogen) atoms. The number of rotatable bonds is 4. The predicted octanol–water partition coefficient (Wildman–Crippen LogP) is 4.72. The number of nitrogens with zero attached hydrogens (tertiary/aromatic N) is 1. The van der Waals surface area contributed by atoms with Crippen LogP contribution in [0.25, 0.3) is 0 Å². The fourth-order valence-corrected chi connectivity index (χ4v) is 3.34. The van der Waals surface area contributed by atoms with Gasteiger partial charge in [-0.1, -0.05) is 63.2 Å². The molecule has 1 heterocycles. The Kier molecular flexibility index (Phi) is 6.02. The average molecular weight is 380 g/mol. The molecule has 1 fully saturated rings. The summed E-state index contributed by atoms with van der Waals surface area (Å²) < 4.78 is 5.40. The van der Waals surface area contributed by atoms with Crippen LogP contribution < -0.4 is 5.32 Å². The molecule has 1 saturated heterocycles. The summed E-state index contributed by atoms with van der Waals surface area (Å²) in [6.07, 6.45) is 0.998. The van der Waals surface area contributed by atoms with E-state index in [0.717, 1.165) is 17.7 Å². The van der Waals surface area contributed by atoms with Gasteiger partial charge in [-0.15, -0.1) is 0 Å². The van der Waals surface area contributed by atoms with Crippen LogP contribution in [0, 0.1) is 0 Å². The van der Waals surface area contributed by atoms with Crippen molar-refractivity contribution in [3.05, 3.63) is 65.7 Å². The van der Waals surface area contributed by atoms with Crippen LogP contribution in [0.5, 0.6) is 0 Å². The number of hydrogen-bond acceptors (Lipinski definition) is 3. The van der Waals surface area contributed by atoms with Crippen LogP contribution in [-0.4, -0.2) is 29.5 Å². The fraction of sp³-hybridized carbons (Fsp3) is 0.391.